The van der Waals surface area contributed by atoms with E-state index in [-0.39, 0.29) is 17.9 Å². The Morgan fingerprint density at radius 3 is 2.36 bits per heavy atom. The fraction of sp³-hybridized carbons (Fsp3) is 0.300. The third-order valence-electron chi connectivity index (χ3n) is 4.04. The molecule has 0 aromatic heterocycles. The Labute approximate surface area is 147 Å². The highest BCUT2D eigenvalue weighted by Crippen LogP contribution is 2.30. The van der Waals surface area contributed by atoms with Gasteiger partial charge >= 0.3 is 0 Å². The highest BCUT2D eigenvalue weighted by Gasteiger charge is 2.37. The van der Waals surface area contributed by atoms with Gasteiger partial charge in [0.2, 0.25) is 11.8 Å². The van der Waals surface area contributed by atoms with Crippen molar-refractivity contribution >= 4 is 17.5 Å². The third-order valence-corrected chi connectivity index (χ3v) is 4.04. The maximum Gasteiger partial charge on any atom is 0.243 e. The predicted octanol–water partition coefficient (Wildman–Crippen LogP) is 3.50. The summed E-state index contributed by atoms with van der Waals surface area (Å²) < 4.78 is 5.77. The molecule has 25 heavy (non-hydrogen) atoms. The van der Waals surface area contributed by atoms with Crippen molar-refractivity contribution in [1.29, 1.82) is 0 Å². The second-order valence-corrected chi connectivity index (χ2v) is 6.39. The van der Waals surface area contributed by atoms with Crippen molar-refractivity contribution in [2.24, 2.45) is 0 Å². The number of para-hydroxylation sites is 1. The number of ether oxygens (including phenoxy) is 1. The average Bonchev–Trinajstić information content (AvgIpc) is 2.98. The number of carbonyl (C=O) groups excluding carboxylic acids is 2. The number of nitrogens with zero attached hydrogens (tertiary/aromatic N) is 1. The molecule has 1 unspecified atom stereocenters. The summed E-state index contributed by atoms with van der Waals surface area (Å²) in [6.45, 7) is 3.82. The fourth-order valence-electron chi connectivity index (χ4n) is 2.94. The molecule has 2 aromatic carbocycles. The summed E-state index contributed by atoms with van der Waals surface area (Å²) in [5, 5.41) is 2.89. The van der Waals surface area contributed by atoms with Crippen LogP contribution >= 0.6 is 0 Å². The average molecular weight is 338 g/mol. The molecule has 1 N–H and O–H groups in total. The van der Waals surface area contributed by atoms with Crippen molar-refractivity contribution in [2.45, 2.75) is 38.8 Å². The number of hydrogen-bond acceptors (Lipinski definition) is 3. The lowest BCUT2D eigenvalue weighted by molar-refractivity contribution is -0.124. The van der Waals surface area contributed by atoms with Gasteiger partial charge in [-0.2, -0.15) is 0 Å². The molecule has 5 nitrogen and oxygen atoms in total. The molecular weight excluding hydrogens is 316 g/mol. The monoisotopic (exact) mass is 338 g/mol. The molecule has 2 aromatic rings. The molecule has 1 aliphatic rings. The normalized spacial score (nSPS) is 17.0. The number of nitrogens with one attached hydrogen (secondary N) is 1. The maximum atomic E-state index is 12.4. The topological polar surface area (TPSA) is 58.6 Å². The van der Waals surface area contributed by atoms with E-state index in [1.165, 1.54) is 0 Å². The quantitative estimate of drug-likeness (QED) is 0.908. The smallest absolute Gasteiger partial charge is 0.243 e. The fourth-order valence-corrected chi connectivity index (χ4v) is 2.94. The Balaban J connectivity index is 1.75. The number of hydrogen-bond donors (Lipinski definition) is 1. The molecule has 0 bridgehead atoms. The summed E-state index contributed by atoms with van der Waals surface area (Å²) in [6.07, 6.45) is 0.929. The van der Waals surface area contributed by atoms with Gasteiger partial charge in [-0.15, -0.1) is 0 Å². The van der Waals surface area contributed by atoms with Crippen molar-refractivity contribution in [3.8, 4) is 11.5 Å². The van der Waals surface area contributed by atoms with E-state index in [0.717, 1.165) is 5.75 Å². The van der Waals surface area contributed by atoms with E-state index in [1.807, 2.05) is 68.4 Å². The van der Waals surface area contributed by atoms with Gasteiger partial charge in [0.05, 0.1) is 0 Å². The van der Waals surface area contributed by atoms with E-state index in [2.05, 4.69) is 5.32 Å². The maximum absolute atomic E-state index is 12.4. The molecule has 1 atom stereocenters. The molecule has 1 fully saturated rings. The lowest BCUT2D eigenvalue weighted by atomic mass is 10.1. The Bertz CT molecular complexity index is 741. The van der Waals surface area contributed by atoms with Crippen molar-refractivity contribution in [3.05, 3.63) is 54.6 Å². The van der Waals surface area contributed by atoms with E-state index in [0.29, 0.717) is 24.3 Å². The van der Waals surface area contributed by atoms with Gasteiger partial charge in [-0.3, -0.25) is 14.5 Å². The van der Waals surface area contributed by atoms with Gasteiger partial charge in [0.1, 0.15) is 17.5 Å². The molecule has 1 saturated heterocycles. The summed E-state index contributed by atoms with van der Waals surface area (Å²) >= 11 is 0. The molecule has 0 radical (unpaired) electrons. The van der Waals surface area contributed by atoms with Crippen LogP contribution in [0.1, 0.15) is 26.7 Å². The van der Waals surface area contributed by atoms with Crippen LogP contribution in [0.4, 0.5) is 5.69 Å². The van der Waals surface area contributed by atoms with Crippen LogP contribution in [0.5, 0.6) is 11.5 Å². The van der Waals surface area contributed by atoms with Gasteiger partial charge in [0, 0.05) is 18.2 Å². The second-order valence-electron chi connectivity index (χ2n) is 6.39. The van der Waals surface area contributed by atoms with Gasteiger partial charge in [0.15, 0.2) is 0 Å². The minimum Gasteiger partial charge on any atom is -0.457 e. The minimum atomic E-state index is -0.448. The SMILES string of the molecule is CC(C)NC(=O)C1CCC(=O)N1c1ccc(Oc2ccccc2)cc1. The van der Waals surface area contributed by atoms with Gasteiger partial charge < -0.3 is 10.1 Å². The van der Waals surface area contributed by atoms with E-state index in [9.17, 15) is 9.59 Å². The molecule has 5 heteroatoms. The highest BCUT2D eigenvalue weighted by atomic mass is 16.5. The standard InChI is InChI=1S/C20H22N2O3/c1-14(2)21-20(24)18-12-13-19(23)22(18)15-8-10-17(11-9-15)25-16-6-4-3-5-7-16/h3-11,14,18H,12-13H2,1-2H3,(H,21,24). The Kier molecular flexibility index (Phi) is 5.03. The zero-order chi connectivity index (χ0) is 17.8. The van der Waals surface area contributed by atoms with Crippen LogP contribution in [0.3, 0.4) is 0 Å². The summed E-state index contributed by atoms with van der Waals surface area (Å²) in [5.74, 6) is 1.30. The first-order valence-electron chi connectivity index (χ1n) is 8.50. The first-order chi connectivity index (χ1) is 12.0. The number of amides is 2. The molecule has 0 saturated carbocycles. The lowest BCUT2D eigenvalue weighted by Gasteiger charge is -2.25. The van der Waals surface area contributed by atoms with Gasteiger partial charge in [-0.1, -0.05) is 18.2 Å². The molecule has 1 aliphatic heterocycles. The summed E-state index contributed by atoms with van der Waals surface area (Å²) in [6, 6.07) is 16.4. The van der Waals surface area contributed by atoms with Crippen LogP contribution in [-0.2, 0) is 9.59 Å². The molecule has 1 heterocycles. The number of benzene rings is 2. The van der Waals surface area contributed by atoms with E-state index < -0.39 is 6.04 Å². The van der Waals surface area contributed by atoms with Crippen molar-refractivity contribution in [1.82, 2.24) is 5.32 Å². The zero-order valence-corrected chi connectivity index (χ0v) is 14.4. The molecular formula is C20H22N2O3. The van der Waals surface area contributed by atoms with Crippen molar-refractivity contribution in [3.63, 3.8) is 0 Å². The highest BCUT2D eigenvalue weighted by molar-refractivity contribution is 6.03. The first-order valence-corrected chi connectivity index (χ1v) is 8.50. The number of rotatable bonds is 5. The Hall–Kier alpha value is -2.82. The summed E-state index contributed by atoms with van der Waals surface area (Å²) in [7, 11) is 0. The lowest BCUT2D eigenvalue weighted by Crippen LogP contribution is -2.46. The largest absolute Gasteiger partial charge is 0.457 e. The van der Waals surface area contributed by atoms with Gasteiger partial charge in [-0.25, -0.2) is 0 Å². The van der Waals surface area contributed by atoms with E-state index >= 15 is 0 Å². The van der Waals surface area contributed by atoms with E-state index in [1.54, 1.807) is 4.90 Å². The predicted molar refractivity (Wildman–Crippen MR) is 96.7 cm³/mol. The van der Waals surface area contributed by atoms with Crippen LogP contribution in [0.25, 0.3) is 0 Å². The molecule has 130 valence electrons. The van der Waals surface area contributed by atoms with Crippen LogP contribution < -0.4 is 15.0 Å². The summed E-state index contributed by atoms with van der Waals surface area (Å²) in [5.41, 5.74) is 0.715. The second kappa shape index (κ2) is 7.38. The number of carbonyl (C=O) groups is 2. The van der Waals surface area contributed by atoms with Crippen LogP contribution in [-0.4, -0.2) is 23.9 Å². The third kappa shape index (κ3) is 3.99. The summed E-state index contributed by atoms with van der Waals surface area (Å²) in [4.78, 5) is 26.2. The molecule has 3 rings (SSSR count). The van der Waals surface area contributed by atoms with Crippen LogP contribution in [0.2, 0.25) is 0 Å². The Morgan fingerprint density at radius 2 is 1.72 bits per heavy atom. The van der Waals surface area contributed by atoms with Crippen molar-refractivity contribution in [2.75, 3.05) is 4.90 Å². The van der Waals surface area contributed by atoms with Gasteiger partial charge in [0.25, 0.3) is 0 Å². The first kappa shape index (κ1) is 17.0. The molecule has 0 aliphatic carbocycles. The van der Waals surface area contributed by atoms with E-state index in [4.69, 9.17) is 4.74 Å². The van der Waals surface area contributed by atoms with Crippen molar-refractivity contribution < 1.29 is 14.3 Å². The van der Waals surface area contributed by atoms with Crippen LogP contribution in [0, 0.1) is 0 Å². The molecule has 2 amide bonds. The minimum absolute atomic E-state index is 0.0272. The Morgan fingerprint density at radius 1 is 1.08 bits per heavy atom. The molecule has 0 spiro atoms. The van der Waals surface area contributed by atoms with Gasteiger partial charge in [-0.05, 0) is 56.7 Å². The van der Waals surface area contributed by atoms with Crippen LogP contribution in [0.15, 0.2) is 54.6 Å². The number of anilines is 1. The zero-order valence-electron chi connectivity index (χ0n) is 14.4.